The minimum Gasteiger partial charge on any atom is -0.392 e. The molecule has 1 unspecified atom stereocenters. The average molecular weight is 290 g/mol. The van der Waals surface area contributed by atoms with E-state index in [1.807, 2.05) is 13.8 Å². The second-order valence-electron chi connectivity index (χ2n) is 3.91. The van der Waals surface area contributed by atoms with Crippen molar-refractivity contribution in [3.05, 3.63) is 12.5 Å². The minimum absolute atomic E-state index is 0.0123. The normalized spacial score (nSPS) is 13.4. The first-order chi connectivity index (χ1) is 8.40. The van der Waals surface area contributed by atoms with Gasteiger partial charge in [0.15, 0.2) is 5.03 Å². The fourth-order valence-electron chi connectivity index (χ4n) is 1.45. The van der Waals surface area contributed by atoms with Crippen LogP contribution in [0.1, 0.15) is 26.7 Å². The Morgan fingerprint density at radius 1 is 1.61 bits per heavy atom. The van der Waals surface area contributed by atoms with E-state index in [2.05, 4.69) is 9.71 Å². The molecule has 0 fully saturated rings. The van der Waals surface area contributed by atoms with Gasteiger partial charge in [-0.1, -0.05) is 25.6 Å². The zero-order valence-electron chi connectivity index (χ0n) is 10.5. The van der Waals surface area contributed by atoms with Crippen molar-refractivity contribution in [1.82, 2.24) is 14.3 Å². The van der Waals surface area contributed by atoms with Crippen molar-refractivity contribution in [3.8, 4) is 0 Å². The summed E-state index contributed by atoms with van der Waals surface area (Å²) < 4.78 is 28.3. The van der Waals surface area contributed by atoms with Crippen LogP contribution in [0.25, 0.3) is 0 Å². The van der Waals surface area contributed by atoms with Gasteiger partial charge in [0.05, 0.1) is 17.4 Å². The molecule has 0 aliphatic heterocycles. The maximum absolute atomic E-state index is 12.0. The molecule has 102 valence electrons. The summed E-state index contributed by atoms with van der Waals surface area (Å²) in [7, 11) is -3.67. The number of aromatic nitrogens is 2. The van der Waals surface area contributed by atoms with E-state index >= 15 is 0 Å². The third-order valence-corrected chi connectivity index (χ3v) is 4.11. The van der Waals surface area contributed by atoms with Gasteiger partial charge < -0.3 is 10.3 Å². The van der Waals surface area contributed by atoms with E-state index < -0.39 is 16.1 Å². The van der Waals surface area contributed by atoms with Crippen LogP contribution in [0, 0.1) is 0 Å². The predicted octanol–water partition coefficient (Wildman–Crippen LogP) is 0.636. The summed E-state index contributed by atoms with van der Waals surface area (Å²) >= 11 is 4.85. The predicted molar refractivity (Wildman–Crippen MR) is 73.7 cm³/mol. The van der Waals surface area contributed by atoms with Gasteiger partial charge in [-0.15, -0.1) is 0 Å². The molecule has 0 radical (unpaired) electrons. The number of hydrogen-bond donors (Lipinski definition) is 2. The highest BCUT2D eigenvalue weighted by Gasteiger charge is 2.23. The van der Waals surface area contributed by atoms with E-state index in [1.54, 1.807) is 4.57 Å². The Bertz CT molecular complexity index is 510. The van der Waals surface area contributed by atoms with E-state index in [4.69, 9.17) is 18.0 Å². The molecule has 1 aromatic heterocycles. The average Bonchev–Trinajstić information content (AvgIpc) is 2.77. The highest BCUT2D eigenvalue weighted by Crippen LogP contribution is 2.08. The molecule has 0 spiro atoms. The summed E-state index contributed by atoms with van der Waals surface area (Å²) in [5.74, 6) is 0. The van der Waals surface area contributed by atoms with E-state index in [9.17, 15) is 8.42 Å². The summed E-state index contributed by atoms with van der Waals surface area (Å²) in [5, 5.41) is -0.0123. The number of nitrogens with two attached hydrogens (primary N) is 1. The Morgan fingerprint density at radius 2 is 2.28 bits per heavy atom. The Hall–Kier alpha value is -0.990. The summed E-state index contributed by atoms with van der Waals surface area (Å²) in [6.45, 7) is 4.50. The van der Waals surface area contributed by atoms with Crippen molar-refractivity contribution in [2.75, 3.05) is 0 Å². The molecule has 8 heteroatoms. The van der Waals surface area contributed by atoms with Gasteiger partial charge in [-0.2, -0.15) is 4.72 Å². The summed E-state index contributed by atoms with van der Waals surface area (Å²) in [6, 6.07) is -0.526. The van der Waals surface area contributed by atoms with Crippen molar-refractivity contribution < 1.29 is 8.42 Å². The van der Waals surface area contributed by atoms with Crippen molar-refractivity contribution in [3.63, 3.8) is 0 Å². The zero-order valence-corrected chi connectivity index (χ0v) is 12.1. The topological polar surface area (TPSA) is 90.0 Å². The third-order valence-electron chi connectivity index (χ3n) is 2.47. The Kier molecular flexibility index (Phi) is 5.24. The number of nitrogens with one attached hydrogen (secondary N) is 1. The smallest absolute Gasteiger partial charge is 0.260 e. The van der Waals surface area contributed by atoms with Crippen molar-refractivity contribution in [2.45, 2.75) is 44.3 Å². The first-order valence-electron chi connectivity index (χ1n) is 5.74. The van der Waals surface area contributed by atoms with Crippen LogP contribution in [0.3, 0.4) is 0 Å². The van der Waals surface area contributed by atoms with E-state index in [0.717, 1.165) is 6.42 Å². The third kappa shape index (κ3) is 3.76. The first kappa shape index (κ1) is 15.1. The van der Waals surface area contributed by atoms with Crippen molar-refractivity contribution in [1.29, 1.82) is 0 Å². The van der Waals surface area contributed by atoms with Crippen LogP contribution < -0.4 is 10.5 Å². The SMILES string of the molecule is CCCC(NS(=O)(=O)c1cn(CC)cn1)C(N)=S. The lowest BCUT2D eigenvalue weighted by Crippen LogP contribution is -2.43. The number of nitrogens with zero attached hydrogens (tertiary/aromatic N) is 2. The molecule has 1 atom stereocenters. The number of thiocarbonyl (C=S) groups is 1. The molecule has 1 heterocycles. The van der Waals surface area contributed by atoms with Crippen LogP contribution in [0.4, 0.5) is 0 Å². The molecule has 1 aromatic rings. The molecular formula is C10H18N4O2S2. The van der Waals surface area contributed by atoms with Crippen molar-refractivity contribution >= 4 is 27.2 Å². The lowest BCUT2D eigenvalue weighted by molar-refractivity contribution is 0.564. The van der Waals surface area contributed by atoms with E-state index in [0.29, 0.717) is 13.0 Å². The quantitative estimate of drug-likeness (QED) is 0.719. The molecule has 18 heavy (non-hydrogen) atoms. The van der Waals surface area contributed by atoms with Gasteiger partial charge >= 0.3 is 0 Å². The van der Waals surface area contributed by atoms with Crippen LogP contribution in [0.2, 0.25) is 0 Å². The van der Waals surface area contributed by atoms with E-state index in [-0.39, 0.29) is 10.0 Å². The molecule has 1 rings (SSSR count). The summed E-state index contributed by atoms with van der Waals surface area (Å²) in [5.41, 5.74) is 5.52. The number of imidazole rings is 1. The number of hydrogen-bond acceptors (Lipinski definition) is 4. The minimum atomic E-state index is -3.67. The molecule has 0 saturated carbocycles. The van der Waals surface area contributed by atoms with Crippen LogP contribution in [-0.4, -0.2) is 29.0 Å². The zero-order chi connectivity index (χ0) is 13.8. The molecule has 6 nitrogen and oxygen atoms in total. The molecule has 0 amide bonds. The monoisotopic (exact) mass is 290 g/mol. The molecular weight excluding hydrogens is 272 g/mol. The van der Waals surface area contributed by atoms with Gasteiger partial charge in [-0.3, -0.25) is 0 Å². The Labute approximate surface area is 113 Å². The molecule has 0 aliphatic carbocycles. The van der Waals surface area contributed by atoms with Crippen LogP contribution in [-0.2, 0) is 16.6 Å². The van der Waals surface area contributed by atoms with E-state index in [1.165, 1.54) is 12.5 Å². The molecule has 0 aliphatic rings. The van der Waals surface area contributed by atoms with Gasteiger partial charge in [0, 0.05) is 12.7 Å². The number of rotatable bonds is 7. The van der Waals surface area contributed by atoms with Crippen LogP contribution >= 0.6 is 12.2 Å². The first-order valence-corrected chi connectivity index (χ1v) is 7.63. The fourth-order valence-corrected chi connectivity index (χ4v) is 2.90. The van der Waals surface area contributed by atoms with Crippen LogP contribution in [0.5, 0.6) is 0 Å². The van der Waals surface area contributed by atoms with Crippen molar-refractivity contribution in [2.24, 2.45) is 5.73 Å². The highest BCUT2D eigenvalue weighted by atomic mass is 32.2. The van der Waals surface area contributed by atoms with Crippen LogP contribution in [0.15, 0.2) is 17.6 Å². The van der Waals surface area contributed by atoms with Gasteiger partial charge in [0.2, 0.25) is 0 Å². The summed E-state index contributed by atoms with van der Waals surface area (Å²) in [6.07, 6.45) is 4.31. The second-order valence-corrected chi connectivity index (χ2v) is 6.04. The maximum Gasteiger partial charge on any atom is 0.260 e. The van der Waals surface area contributed by atoms with Gasteiger partial charge in [0.1, 0.15) is 0 Å². The van der Waals surface area contributed by atoms with Gasteiger partial charge in [-0.05, 0) is 13.3 Å². The Balaban J connectivity index is 2.89. The molecule has 0 bridgehead atoms. The van der Waals surface area contributed by atoms with Gasteiger partial charge in [-0.25, -0.2) is 13.4 Å². The summed E-state index contributed by atoms with van der Waals surface area (Å²) in [4.78, 5) is 4.01. The lowest BCUT2D eigenvalue weighted by Gasteiger charge is -2.15. The standard InChI is InChI=1S/C10H18N4O2S2/c1-3-5-8(10(11)17)13-18(15,16)9-6-14(4-2)7-12-9/h6-8,13H,3-5H2,1-2H3,(H2,11,17). The molecule has 0 aromatic carbocycles. The lowest BCUT2D eigenvalue weighted by atomic mass is 10.2. The molecule has 0 saturated heterocycles. The fraction of sp³-hybridized carbons (Fsp3) is 0.600. The Morgan fingerprint density at radius 3 is 2.72 bits per heavy atom. The second kappa shape index (κ2) is 6.26. The molecule has 3 N–H and O–H groups in total. The largest absolute Gasteiger partial charge is 0.392 e. The maximum atomic E-state index is 12.0. The number of sulfonamides is 1. The number of aryl methyl sites for hydroxylation is 1. The van der Waals surface area contributed by atoms with Gasteiger partial charge in [0.25, 0.3) is 10.0 Å². The highest BCUT2D eigenvalue weighted by molar-refractivity contribution is 7.89.